The zero-order valence-corrected chi connectivity index (χ0v) is 11.3. The second-order valence-electron chi connectivity index (χ2n) is 3.89. The molecule has 0 aliphatic heterocycles. The maximum Gasteiger partial charge on any atom is 0.240 e. The summed E-state index contributed by atoms with van der Waals surface area (Å²) in [5.41, 5.74) is 1.03. The van der Waals surface area contributed by atoms with Gasteiger partial charge >= 0.3 is 0 Å². The molecule has 0 aromatic carbocycles. The quantitative estimate of drug-likeness (QED) is 0.791. The van der Waals surface area contributed by atoms with Crippen molar-refractivity contribution in [2.24, 2.45) is 0 Å². The molecule has 0 bridgehead atoms. The molecule has 0 unspecified atom stereocenters. The minimum atomic E-state index is 0.541. The monoisotopic (exact) mass is 272 g/mol. The normalized spacial score (nSPS) is 10.6. The van der Waals surface area contributed by atoms with Crippen molar-refractivity contribution in [3.05, 3.63) is 35.0 Å². The van der Waals surface area contributed by atoms with Gasteiger partial charge in [-0.3, -0.25) is 4.57 Å². The summed E-state index contributed by atoms with van der Waals surface area (Å²) in [6.07, 6.45) is 5.16. The third kappa shape index (κ3) is 2.19. The van der Waals surface area contributed by atoms with E-state index in [9.17, 15) is 0 Å². The van der Waals surface area contributed by atoms with E-state index in [2.05, 4.69) is 32.2 Å². The van der Waals surface area contributed by atoms with Gasteiger partial charge in [0.25, 0.3) is 0 Å². The van der Waals surface area contributed by atoms with Crippen LogP contribution in [0.4, 0.5) is 5.95 Å². The van der Waals surface area contributed by atoms with Gasteiger partial charge in [-0.05, 0) is 18.4 Å². The first-order valence-corrected chi connectivity index (χ1v) is 6.62. The first-order chi connectivity index (χ1) is 9.28. The second-order valence-corrected chi connectivity index (χ2v) is 5.01. The van der Waals surface area contributed by atoms with E-state index in [0.717, 1.165) is 5.56 Å². The maximum atomic E-state index is 4.49. The minimum Gasteiger partial charge on any atom is -0.357 e. The van der Waals surface area contributed by atoms with Crippen LogP contribution in [0, 0.1) is 6.92 Å². The fourth-order valence-corrected chi connectivity index (χ4v) is 2.40. The van der Waals surface area contributed by atoms with E-state index in [1.807, 2.05) is 11.4 Å². The van der Waals surface area contributed by atoms with E-state index in [4.69, 9.17) is 0 Å². The maximum absolute atomic E-state index is 4.49. The number of aryl methyl sites for hydroxylation is 1. The molecule has 0 radical (unpaired) electrons. The number of anilines is 1. The lowest BCUT2D eigenvalue weighted by Crippen LogP contribution is -2.06. The minimum absolute atomic E-state index is 0.541. The number of rotatable bonds is 3. The number of nitrogens with one attached hydrogen (secondary N) is 1. The number of hydrogen-bond donors (Lipinski definition) is 1. The Morgan fingerprint density at radius 2 is 2.16 bits per heavy atom. The van der Waals surface area contributed by atoms with Crippen LogP contribution in [0.15, 0.2) is 30.2 Å². The molecule has 0 fully saturated rings. The second kappa shape index (κ2) is 4.77. The van der Waals surface area contributed by atoms with Gasteiger partial charge in [0, 0.05) is 29.9 Å². The van der Waals surface area contributed by atoms with E-state index in [1.54, 1.807) is 41.7 Å². The summed E-state index contributed by atoms with van der Waals surface area (Å²) in [5, 5.41) is 4.99. The molecule has 0 amide bonds. The van der Waals surface area contributed by atoms with Crippen molar-refractivity contribution in [3.8, 4) is 17.3 Å². The Kier molecular flexibility index (Phi) is 2.96. The highest BCUT2D eigenvalue weighted by atomic mass is 32.1. The lowest BCUT2D eigenvalue weighted by atomic mass is 10.2. The Morgan fingerprint density at radius 3 is 2.79 bits per heavy atom. The van der Waals surface area contributed by atoms with Gasteiger partial charge < -0.3 is 5.32 Å². The average molecular weight is 272 g/mol. The highest BCUT2D eigenvalue weighted by molar-refractivity contribution is 7.10. The number of hydrogen-bond acceptors (Lipinski definition) is 6. The number of thiophene rings is 1. The van der Waals surface area contributed by atoms with Crippen LogP contribution >= 0.6 is 11.3 Å². The van der Waals surface area contributed by atoms with Crippen LogP contribution in [0.25, 0.3) is 17.3 Å². The Balaban J connectivity index is 2.16. The van der Waals surface area contributed by atoms with Gasteiger partial charge in [-0.2, -0.15) is 15.0 Å². The lowest BCUT2D eigenvalue weighted by molar-refractivity contribution is 0.902. The summed E-state index contributed by atoms with van der Waals surface area (Å²) in [5.74, 6) is 1.76. The van der Waals surface area contributed by atoms with Crippen molar-refractivity contribution in [1.29, 1.82) is 0 Å². The summed E-state index contributed by atoms with van der Waals surface area (Å²) in [4.78, 5) is 18.4. The molecule has 19 heavy (non-hydrogen) atoms. The molecule has 0 atom stereocenters. The third-order valence-electron chi connectivity index (χ3n) is 2.68. The van der Waals surface area contributed by atoms with Gasteiger partial charge in [0.1, 0.15) is 6.33 Å². The van der Waals surface area contributed by atoms with Gasteiger partial charge in [-0.1, -0.05) is 0 Å². The molecule has 0 saturated heterocycles. The summed E-state index contributed by atoms with van der Waals surface area (Å²) in [7, 11) is 1.79. The zero-order valence-electron chi connectivity index (χ0n) is 10.5. The summed E-state index contributed by atoms with van der Waals surface area (Å²) >= 11 is 1.68. The summed E-state index contributed by atoms with van der Waals surface area (Å²) < 4.78 is 1.76. The smallest absolute Gasteiger partial charge is 0.240 e. The molecule has 3 heterocycles. The van der Waals surface area contributed by atoms with Gasteiger partial charge in [0.15, 0.2) is 5.82 Å². The van der Waals surface area contributed by atoms with Crippen molar-refractivity contribution in [2.45, 2.75) is 6.92 Å². The highest BCUT2D eigenvalue weighted by Crippen LogP contribution is 2.25. The van der Waals surface area contributed by atoms with E-state index < -0.39 is 0 Å². The fourth-order valence-electron chi connectivity index (χ4n) is 1.71. The molecule has 96 valence electrons. The Hall–Kier alpha value is -2.28. The third-order valence-corrected chi connectivity index (χ3v) is 3.53. The van der Waals surface area contributed by atoms with Crippen molar-refractivity contribution in [3.63, 3.8) is 0 Å². The van der Waals surface area contributed by atoms with Gasteiger partial charge in [-0.25, -0.2) is 4.98 Å². The van der Waals surface area contributed by atoms with Crippen LogP contribution in [0.1, 0.15) is 4.88 Å². The van der Waals surface area contributed by atoms with Crippen molar-refractivity contribution >= 4 is 17.3 Å². The molecular formula is C12H12N6S. The Morgan fingerprint density at radius 1 is 1.26 bits per heavy atom. The molecule has 0 aliphatic carbocycles. The zero-order chi connectivity index (χ0) is 13.2. The van der Waals surface area contributed by atoms with Gasteiger partial charge in [0.05, 0.1) is 0 Å². The van der Waals surface area contributed by atoms with Crippen molar-refractivity contribution in [1.82, 2.24) is 24.5 Å². The Labute approximate surface area is 114 Å². The lowest BCUT2D eigenvalue weighted by Gasteiger charge is -2.06. The largest absolute Gasteiger partial charge is 0.357 e. The first-order valence-electron chi connectivity index (χ1n) is 5.74. The first kappa shape index (κ1) is 11.8. The number of aromatic nitrogens is 5. The topological polar surface area (TPSA) is 68.5 Å². The molecule has 3 rings (SSSR count). The molecular weight excluding hydrogens is 260 g/mol. The van der Waals surface area contributed by atoms with Crippen molar-refractivity contribution in [2.75, 3.05) is 12.4 Å². The molecule has 3 aromatic rings. The SMILES string of the molecule is CNc1nc(-c2ccsc2C)nc(-n2ccnc2)n1. The van der Waals surface area contributed by atoms with Crippen LogP contribution < -0.4 is 5.32 Å². The molecule has 3 aromatic heterocycles. The van der Waals surface area contributed by atoms with E-state index in [1.165, 1.54) is 4.88 Å². The van der Waals surface area contributed by atoms with E-state index in [0.29, 0.717) is 17.7 Å². The molecule has 0 saturated carbocycles. The highest BCUT2D eigenvalue weighted by Gasteiger charge is 2.11. The number of nitrogens with zero attached hydrogens (tertiary/aromatic N) is 5. The van der Waals surface area contributed by atoms with Crippen molar-refractivity contribution < 1.29 is 0 Å². The Bertz CT molecular complexity index is 688. The van der Waals surface area contributed by atoms with E-state index >= 15 is 0 Å². The van der Waals surface area contributed by atoms with Crippen LogP contribution in [-0.2, 0) is 0 Å². The fraction of sp³-hybridized carbons (Fsp3) is 0.167. The van der Waals surface area contributed by atoms with Crippen LogP contribution in [0.3, 0.4) is 0 Å². The predicted octanol–water partition coefficient (Wildman–Crippen LogP) is 2.14. The summed E-state index contributed by atoms with van der Waals surface area (Å²) in [6, 6.07) is 2.02. The summed E-state index contributed by atoms with van der Waals surface area (Å²) in [6.45, 7) is 2.06. The number of imidazole rings is 1. The van der Waals surface area contributed by atoms with Gasteiger partial charge in [0.2, 0.25) is 11.9 Å². The standard InChI is InChI=1S/C12H12N6S/c1-8-9(3-6-19-8)10-15-11(13-2)17-12(16-10)18-5-4-14-7-18/h3-7H,1-2H3,(H,13,15,16,17). The molecule has 7 heteroatoms. The van der Waals surface area contributed by atoms with Crippen LogP contribution in [0.2, 0.25) is 0 Å². The molecule has 1 N–H and O–H groups in total. The average Bonchev–Trinajstić information content (AvgIpc) is 3.09. The van der Waals surface area contributed by atoms with Crippen LogP contribution in [0.5, 0.6) is 0 Å². The molecule has 0 aliphatic rings. The predicted molar refractivity (Wildman–Crippen MR) is 74.5 cm³/mol. The molecule has 6 nitrogen and oxygen atoms in total. The van der Waals surface area contributed by atoms with E-state index in [-0.39, 0.29) is 0 Å². The van der Waals surface area contributed by atoms with Crippen LogP contribution in [-0.4, -0.2) is 31.6 Å². The molecule has 0 spiro atoms. The van der Waals surface area contributed by atoms with Gasteiger partial charge in [-0.15, -0.1) is 11.3 Å².